The molecule has 3 heterocycles. The van der Waals surface area contributed by atoms with Crippen molar-refractivity contribution in [1.29, 1.82) is 0 Å². The van der Waals surface area contributed by atoms with Gasteiger partial charge in [-0.3, -0.25) is 4.79 Å². The maximum atomic E-state index is 12.8. The Bertz CT molecular complexity index is 1100. The van der Waals surface area contributed by atoms with Crippen molar-refractivity contribution in [2.75, 3.05) is 10.6 Å². The van der Waals surface area contributed by atoms with Gasteiger partial charge < -0.3 is 10.6 Å². The number of carbonyl (C=O) groups is 1. The van der Waals surface area contributed by atoms with Gasteiger partial charge in [0.25, 0.3) is 5.91 Å². The molecule has 3 aromatic heterocycles. The smallest absolute Gasteiger partial charge is 0.256 e. The molecule has 0 aliphatic rings. The standard InChI is InChI=1S/C23H21N3OS2/c1-15-10-11-24-20(13-15)25-21(19-9-6-12-28-19)18-14-16(2)29-23(18)26-22(27)17-7-4-3-5-8-17/h3-14,21H,1-2H3,(H,24,25)(H,26,27). The summed E-state index contributed by atoms with van der Waals surface area (Å²) >= 11 is 3.27. The average Bonchev–Trinajstić information content (AvgIpc) is 3.37. The van der Waals surface area contributed by atoms with Crippen LogP contribution in [0, 0.1) is 13.8 Å². The van der Waals surface area contributed by atoms with Crippen LogP contribution >= 0.6 is 22.7 Å². The summed E-state index contributed by atoms with van der Waals surface area (Å²) in [6.45, 7) is 4.11. The number of benzene rings is 1. The number of aromatic nitrogens is 1. The van der Waals surface area contributed by atoms with Crippen LogP contribution in [0.3, 0.4) is 0 Å². The summed E-state index contributed by atoms with van der Waals surface area (Å²) in [7, 11) is 0. The van der Waals surface area contributed by atoms with Crippen molar-refractivity contribution in [2.45, 2.75) is 19.9 Å². The highest BCUT2D eigenvalue weighted by Crippen LogP contribution is 2.39. The fourth-order valence-electron chi connectivity index (χ4n) is 3.13. The van der Waals surface area contributed by atoms with E-state index in [0.29, 0.717) is 5.56 Å². The number of carbonyl (C=O) groups excluding carboxylic acids is 1. The molecule has 4 nitrogen and oxygen atoms in total. The third-order valence-electron chi connectivity index (χ3n) is 4.49. The number of hydrogen-bond donors (Lipinski definition) is 2. The number of hydrogen-bond acceptors (Lipinski definition) is 5. The van der Waals surface area contributed by atoms with Gasteiger partial charge in [0, 0.05) is 27.1 Å². The second kappa shape index (κ2) is 8.59. The number of thiophene rings is 2. The predicted molar refractivity (Wildman–Crippen MR) is 122 cm³/mol. The minimum absolute atomic E-state index is 0.0969. The van der Waals surface area contributed by atoms with E-state index in [2.05, 4.69) is 40.1 Å². The topological polar surface area (TPSA) is 54.0 Å². The number of pyridine rings is 1. The Balaban J connectivity index is 1.69. The Morgan fingerprint density at radius 2 is 1.86 bits per heavy atom. The van der Waals surface area contributed by atoms with Crippen LogP contribution in [-0.4, -0.2) is 10.9 Å². The zero-order chi connectivity index (χ0) is 20.2. The molecule has 29 heavy (non-hydrogen) atoms. The molecule has 146 valence electrons. The molecular formula is C23H21N3OS2. The zero-order valence-electron chi connectivity index (χ0n) is 16.2. The highest BCUT2D eigenvalue weighted by Gasteiger charge is 2.23. The molecule has 0 aliphatic carbocycles. The molecule has 0 aliphatic heterocycles. The van der Waals surface area contributed by atoms with E-state index in [4.69, 9.17) is 0 Å². The van der Waals surface area contributed by atoms with Gasteiger partial charge in [0.15, 0.2) is 0 Å². The van der Waals surface area contributed by atoms with Gasteiger partial charge >= 0.3 is 0 Å². The molecule has 1 unspecified atom stereocenters. The Hall–Kier alpha value is -2.96. The lowest BCUT2D eigenvalue weighted by atomic mass is 10.1. The molecule has 0 fully saturated rings. The van der Waals surface area contributed by atoms with Crippen LogP contribution in [0.4, 0.5) is 10.8 Å². The maximum Gasteiger partial charge on any atom is 0.256 e. The van der Waals surface area contributed by atoms with Crippen LogP contribution in [-0.2, 0) is 0 Å². The van der Waals surface area contributed by atoms with Gasteiger partial charge in [-0.15, -0.1) is 22.7 Å². The Kier molecular flexibility index (Phi) is 5.74. The van der Waals surface area contributed by atoms with Crippen molar-refractivity contribution in [1.82, 2.24) is 4.98 Å². The van der Waals surface area contributed by atoms with Crippen molar-refractivity contribution >= 4 is 39.4 Å². The number of aryl methyl sites for hydroxylation is 2. The second-order valence-corrected chi connectivity index (χ2v) is 9.01. The Labute approximate surface area is 178 Å². The van der Waals surface area contributed by atoms with Gasteiger partial charge in [-0.05, 0) is 61.2 Å². The summed E-state index contributed by atoms with van der Waals surface area (Å²) in [4.78, 5) is 19.5. The van der Waals surface area contributed by atoms with Crippen molar-refractivity contribution < 1.29 is 4.79 Å². The SMILES string of the molecule is Cc1ccnc(NC(c2cccs2)c2cc(C)sc2NC(=O)c2ccccc2)c1. The van der Waals surface area contributed by atoms with Crippen molar-refractivity contribution in [3.8, 4) is 0 Å². The molecule has 0 saturated carbocycles. The minimum Gasteiger partial charge on any atom is -0.358 e. The van der Waals surface area contributed by atoms with E-state index < -0.39 is 0 Å². The normalized spacial score (nSPS) is 11.8. The summed E-state index contributed by atoms with van der Waals surface area (Å²) in [5.74, 6) is 0.708. The van der Waals surface area contributed by atoms with Crippen LogP contribution in [0.2, 0.25) is 0 Å². The fourth-order valence-corrected chi connectivity index (χ4v) is 4.87. The van der Waals surface area contributed by atoms with Gasteiger partial charge in [0.05, 0.1) is 6.04 Å². The van der Waals surface area contributed by atoms with E-state index in [9.17, 15) is 4.79 Å². The third-order valence-corrected chi connectivity index (χ3v) is 6.41. The molecule has 0 spiro atoms. The lowest BCUT2D eigenvalue weighted by Crippen LogP contribution is -2.16. The zero-order valence-corrected chi connectivity index (χ0v) is 17.8. The van der Waals surface area contributed by atoms with Gasteiger partial charge in [-0.1, -0.05) is 24.3 Å². The summed E-state index contributed by atoms with van der Waals surface area (Å²) in [6, 6.07) is 19.5. The van der Waals surface area contributed by atoms with Crippen molar-refractivity contribution in [3.63, 3.8) is 0 Å². The monoisotopic (exact) mass is 419 g/mol. The number of nitrogens with zero attached hydrogens (tertiary/aromatic N) is 1. The highest BCUT2D eigenvalue weighted by atomic mass is 32.1. The van der Waals surface area contributed by atoms with Gasteiger partial charge in [-0.25, -0.2) is 4.98 Å². The summed E-state index contributed by atoms with van der Waals surface area (Å²) < 4.78 is 0. The molecule has 0 saturated heterocycles. The third kappa shape index (κ3) is 4.55. The molecule has 0 bridgehead atoms. The van der Waals surface area contributed by atoms with E-state index in [1.165, 1.54) is 4.88 Å². The number of anilines is 2. The van der Waals surface area contributed by atoms with Crippen LogP contribution in [0.1, 0.15) is 37.3 Å². The first-order chi connectivity index (χ1) is 14.1. The first kappa shape index (κ1) is 19.4. The molecule has 4 rings (SSSR count). The summed E-state index contributed by atoms with van der Waals surface area (Å²) in [6.07, 6.45) is 1.81. The van der Waals surface area contributed by atoms with E-state index >= 15 is 0 Å². The van der Waals surface area contributed by atoms with E-state index in [1.54, 1.807) is 28.9 Å². The van der Waals surface area contributed by atoms with Gasteiger partial charge in [0.1, 0.15) is 10.8 Å². The second-order valence-electron chi connectivity index (χ2n) is 6.77. The molecule has 2 N–H and O–H groups in total. The molecule has 4 aromatic rings. The Morgan fingerprint density at radius 1 is 1.03 bits per heavy atom. The largest absolute Gasteiger partial charge is 0.358 e. The minimum atomic E-state index is -0.104. The van der Waals surface area contributed by atoms with E-state index in [-0.39, 0.29) is 11.9 Å². The van der Waals surface area contributed by atoms with E-state index in [0.717, 1.165) is 26.8 Å². The molecular weight excluding hydrogens is 398 g/mol. The van der Waals surface area contributed by atoms with E-state index in [1.807, 2.05) is 55.5 Å². The first-order valence-electron chi connectivity index (χ1n) is 9.29. The van der Waals surface area contributed by atoms with Crippen molar-refractivity contribution in [3.05, 3.63) is 98.7 Å². The summed E-state index contributed by atoms with van der Waals surface area (Å²) in [5.41, 5.74) is 2.83. The average molecular weight is 420 g/mol. The van der Waals surface area contributed by atoms with Crippen LogP contribution in [0.25, 0.3) is 0 Å². The fraction of sp³-hybridized carbons (Fsp3) is 0.130. The number of amides is 1. The van der Waals surface area contributed by atoms with Gasteiger partial charge in [0.2, 0.25) is 0 Å². The molecule has 1 atom stereocenters. The quantitative estimate of drug-likeness (QED) is 0.387. The molecule has 1 aromatic carbocycles. The number of nitrogens with one attached hydrogen (secondary N) is 2. The van der Waals surface area contributed by atoms with Gasteiger partial charge in [-0.2, -0.15) is 0 Å². The molecule has 6 heteroatoms. The predicted octanol–water partition coefficient (Wildman–Crippen LogP) is 6.28. The summed E-state index contributed by atoms with van der Waals surface area (Å²) in [5, 5.41) is 9.59. The Morgan fingerprint density at radius 3 is 2.59 bits per heavy atom. The van der Waals surface area contributed by atoms with Crippen LogP contribution in [0.5, 0.6) is 0 Å². The van der Waals surface area contributed by atoms with Crippen molar-refractivity contribution in [2.24, 2.45) is 0 Å². The molecule has 0 radical (unpaired) electrons. The molecule has 1 amide bonds. The first-order valence-corrected chi connectivity index (χ1v) is 11.0. The maximum absolute atomic E-state index is 12.8. The van der Waals surface area contributed by atoms with Crippen LogP contribution in [0.15, 0.2) is 72.2 Å². The highest BCUT2D eigenvalue weighted by molar-refractivity contribution is 7.16. The lowest BCUT2D eigenvalue weighted by molar-refractivity contribution is 0.102. The lowest BCUT2D eigenvalue weighted by Gasteiger charge is -2.19. The van der Waals surface area contributed by atoms with Crippen LogP contribution < -0.4 is 10.6 Å². The number of rotatable bonds is 6.